The van der Waals surface area contributed by atoms with Crippen molar-refractivity contribution in [2.45, 2.75) is 38.1 Å². The highest BCUT2D eigenvalue weighted by Crippen LogP contribution is 2.37. The van der Waals surface area contributed by atoms with Crippen molar-refractivity contribution in [2.75, 3.05) is 26.3 Å². The van der Waals surface area contributed by atoms with Crippen LogP contribution in [0, 0.1) is 11.8 Å². The molecular formula is C17H24N2O3. The Morgan fingerprint density at radius 1 is 1.32 bits per heavy atom. The molecule has 2 heterocycles. The van der Waals surface area contributed by atoms with Gasteiger partial charge in [0.1, 0.15) is 19.0 Å². The zero-order chi connectivity index (χ0) is 14.9. The van der Waals surface area contributed by atoms with Gasteiger partial charge in [-0.3, -0.25) is 4.79 Å². The van der Waals surface area contributed by atoms with Crippen LogP contribution < -0.4 is 10.6 Å². The lowest BCUT2D eigenvalue weighted by atomic mass is 9.94. The van der Waals surface area contributed by atoms with Crippen LogP contribution >= 0.6 is 0 Å². The van der Waals surface area contributed by atoms with Crippen molar-refractivity contribution in [1.82, 2.24) is 10.6 Å². The first-order valence-electron chi connectivity index (χ1n) is 8.54. The highest BCUT2D eigenvalue weighted by atomic mass is 16.6. The van der Waals surface area contributed by atoms with Gasteiger partial charge in [0, 0.05) is 19.0 Å². The average molecular weight is 304 g/mol. The topological polar surface area (TPSA) is 59.6 Å². The number of fused-ring (bicyclic) bond motifs is 1. The second kappa shape index (κ2) is 5.95. The Morgan fingerprint density at radius 2 is 2.23 bits per heavy atom. The van der Waals surface area contributed by atoms with E-state index in [1.54, 1.807) is 0 Å². The third kappa shape index (κ3) is 2.51. The van der Waals surface area contributed by atoms with Gasteiger partial charge in [-0.15, -0.1) is 0 Å². The molecule has 22 heavy (non-hydrogen) atoms. The second-order valence-electron chi connectivity index (χ2n) is 6.69. The second-order valence-corrected chi connectivity index (χ2v) is 6.69. The summed E-state index contributed by atoms with van der Waals surface area (Å²) >= 11 is 0. The molecule has 2 aliphatic heterocycles. The molecule has 0 unspecified atom stereocenters. The predicted molar refractivity (Wildman–Crippen MR) is 81.9 cm³/mol. The highest BCUT2D eigenvalue weighted by Gasteiger charge is 2.39. The number of hydrogen-bond acceptors (Lipinski definition) is 4. The number of allylic oxidation sites excluding steroid dienone is 2. The summed E-state index contributed by atoms with van der Waals surface area (Å²) in [6.07, 6.45) is 7.64. The van der Waals surface area contributed by atoms with Crippen LogP contribution in [-0.2, 0) is 14.3 Å². The molecule has 0 aromatic rings. The molecule has 2 aliphatic carbocycles. The molecule has 120 valence electrons. The van der Waals surface area contributed by atoms with E-state index in [4.69, 9.17) is 9.47 Å². The van der Waals surface area contributed by atoms with Crippen LogP contribution in [0.1, 0.15) is 32.1 Å². The molecule has 4 aliphatic rings. The standard InChI is InChI=1S/C17H24N2O3/c20-17(13-5-2-6-15-16(13)22-8-7-21-15)19-10-14-12-4-1-3-11(12)9-18-14/h5,11-12,14,18H,1-4,6-10H2,(H,19,20)/t11-,12-,14+/m0/s1. The normalized spacial score (nSPS) is 33.5. The molecule has 0 aromatic carbocycles. The summed E-state index contributed by atoms with van der Waals surface area (Å²) < 4.78 is 11.3. The highest BCUT2D eigenvalue weighted by molar-refractivity contribution is 5.97. The minimum Gasteiger partial charge on any atom is -0.490 e. The summed E-state index contributed by atoms with van der Waals surface area (Å²) in [5.41, 5.74) is 0.655. The molecule has 3 atom stereocenters. The van der Waals surface area contributed by atoms with E-state index in [1.807, 2.05) is 6.08 Å². The number of hydrogen-bond donors (Lipinski definition) is 2. The summed E-state index contributed by atoms with van der Waals surface area (Å²) in [7, 11) is 0. The number of rotatable bonds is 3. The fourth-order valence-electron chi connectivity index (χ4n) is 4.33. The Balaban J connectivity index is 1.38. The Labute approximate surface area is 131 Å². The molecular weight excluding hydrogens is 280 g/mol. The molecule has 0 aromatic heterocycles. The number of amides is 1. The van der Waals surface area contributed by atoms with E-state index in [-0.39, 0.29) is 5.91 Å². The Hall–Kier alpha value is -1.49. The van der Waals surface area contributed by atoms with Gasteiger partial charge in [0.15, 0.2) is 5.76 Å². The summed E-state index contributed by atoms with van der Waals surface area (Å²) in [6.45, 7) is 2.93. The average Bonchev–Trinajstić information content (AvgIpc) is 3.16. The van der Waals surface area contributed by atoms with Crippen LogP contribution in [-0.4, -0.2) is 38.3 Å². The van der Waals surface area contributed by atoms with E-state index in [9.17, 15) is 4.79 Å². The number of carbonyl (C=O) groups is 1. The lowest BCUT2D eigenvalue weighted by molar-refractivity contribution is -0.118. The van der Waals surface area contributed by atoms with Gasteiger partial charge in [-0.1, -0.05) is 12.5 Å². The van der Waals surface area contributed by atoms with Crippen molar-refractivity contribution in [3.8, 4) is 0 Å². The van der Waals surface area contributed by atoms with Crippen LogP contribution in [0.15, 0.2) is 23.2 Å². The Bertz CT molecular complexity index is 526. The van der Waals surface area contributed by atoms with Gasteiger partial charge in [0.2, 0.25) is 0 Å². The van der Waals surface area contributed by atoms with Gasteiger partial charge in [0.25, 0.3) is 5.91 Å². The van der Waals surface area contributed by atoms with E-state index >= 15 is 0 Å². The lowest BCUT2D eigenvalue weighted by Crippen LogP contribution is -2.41. The third-order valence-electron chi connectivity index (χ3n) is 5.43. The Morgan fingerprint density at radius 3 is 3.18 bits per heavy atom. The van der Waals surface area contributed by atoms with Crippen LogP contribution in [0.3, 0.4) is 0 Å². The molecule has 2 fully saturated rings. The molecule has 2 N–H and O–H groups in total. The van der Waals surface area contributed by atoms with Gasteiger partial charge < -0.3 is 20.1 Å². The van der Waals surface area contributed by atoms with Crippen molar-refractivity contribution in [3.05, 3.63) is 23.2 Å². The van der Waals surface area contributed by atoms with Crippen molar-refractivity contribution in [3.63, 3.8) is 0 Å². The van der Waals surface area contributed by atoms with Gasteiger partial charge in [-0.25, -0.2) is 0 Å². The quantitative estimate of drug-likeness (QED) is 0.829. The van der Waals surface area contributed by atoms with Crippen molar-refractivity contribution < 1.29 is 14.3 Å². The molecule has 5 nitrogen and oxygen atoms in total. The van der Waals surface area contributed by atoms with Crippen LogP contribution in [0.2, 0.25) is 0 Å². The monoisotopic (exact) mass is 304 g/mol. The Kier molecular flexibility index (Phi) is 3.82. The third-order valence-corrected chi connectivity index (χ3v) is 5.43. The zero-order valence-corrected chi connectivity index (χ0v) is 12.9. The predicted octanol–water partition coefficient (Wildman–Crippen LogP) is 1.47. The summed E-state index contributed by atoms with van der Waals surface area (Å²) in [4.78, 5) is 12.5. The van der Waals surface area contributed by atoms with Crippen LogP contribution in [0.5, 0.6) is 0 Å². The smallest absolute Gasteiger partial charge is 0.254 e. The minimum atomic E-state index is -0.0269. The first-order valence-corrected chi connectivity index (χ1v) is 8.54. The molecule has 5 heteroatoms. The molecule has 1 saturated heterocycles. The molecule has 1 saturated carbocycles. The van der Waals surface area contributed by atoms with Gasteiger partial charge >= 0.3 is 0 Å². The zero-order valence-electron chi connectivity index (χ0n) is 12.9. The van der Waals surface area contributed by atoms with Crippen LogP contribution in [0.25, 0.3) is 0 Å². The van der Waals surface area contributed by atoms with Crippen LogP contribution in [0.4, 0.5) is 0 Å². The maximum Gasteiger partial charge on any atom is 0.254 e. The molecule has 0 bridgehead atoms. The van der Waals surface area contributed by atoms with E-state index in [0.29, 0.717) is 37.1 Å². The number of carbonyl (C=O) groups excluding carboxylic acids is 1. The summed E-state index contributed by atoms with van der Waals surface area (Å²) in [6, 6.07) is 0.428. The maximum atomic E-state index is 12.5. The van der Waals surface area contributed by atoms with Gasteiger partial charge in [-0.2, -0.15) is 0 Å². The fraction of sp³-hybridized carbons (Fsp3) is 0.706. The first kappa shape index (κ1) is 14.1. The molecule has 0 radical (unpaired) electrons. The molecule has 4 rings (SSSR count). The molecule has 1 amide bonds. The largest absolute Gasteiger partial charge is 0.490 e. The first-order chi connectivity index (χ1) is 10.8. The number of ether oxygens (including phenoxy) is 2. The van der Waals surface area contributed by atoms with E-state index in [0.717, 1.165) is 37.0 Å². The van der Waals surface area contributed by atoms with E-state index in [1.165, 1.54) is 19.3 Å². The van der Waals surface area contributed by atoms with Crippen molar-refractivity contribution in [2.24, 2.45) is 11.8 Å². The maximum absolute atomic E-state index is 12.5. The minimum absolute atomic E-state index is 0.0269. The molecule has 0 spiro atoms. The summed E-state index contributed by atoms with van der Waals surface area (Å²) in [5.74, 6) is 3.03. The fourth-order valence-corrected chi connectivity index (χ4v) is 4.33. The van der Waals surface area contributed by atoms with Gasteiger partial charge in [0.05, 0.1) is 5.57 Å². The van der Waals surface area contributed by atoms with Gasteiger partial charge in [-0.05, 0) is 37.6 Å². The van der Waals surface area contributed by atoms with E-state index in [2.05, 4.69) is 10.6 Å². The lowest BCUT2D eigenvalue weighted by Gasteiger charge is -2.26. The van der Waals surface area contributed by atoms with E-state index < -0.39 is 0 Å². The summed E-state index contributed by atoms with van der Waals surface area (Å²) in [5, 5.41) is 6.67. The van der Waals surface area contributed by atoms with Crippen molar-refractivity contribution in [1.29, 1.82) is 0 Å². The van der Waals surface area contributed by atoms with Crippen molar-refractivity contribution >= 4 is 5.91 Å². The number of nitrogens with one attached hydrogen (secondary N) is 2. The SMILES string of the molecule is O=C(NC[C@H]1NC[C@@H]2CCC[C@@H]21)C1=CCCC2=C1OCCO2.